The molecule has 0 aliphatic carbocycles. The van der Waals surface area contributed by atoms with Gasteiger partial charge in [-0.2, -0.15) is 0 Å². The monoisotopic (exact) mass is 396 g/mol. The Morgan fingerprint density at radius 2 is 1.79 bits per heavy atom. The van der Waals surface area contributed by atoms with Gasteiger partial charge in [-0.1, -0.05) is 6.92 Å². The summed E-state index contributed by atoms with van der Waals surface area (Å²) in [5.74, 6) is -0.190. The highest BCUT2D eigenvalue weighted by Crippen LogP contribution is 2.32. The SMILES string of the molecule is CNC(=O)c1ccc(NC(=O)c2ccc(N3CCC[C@H](C)C3)c([N+](=O)[O-])c2)cc1. The number of carbonyl (C=O) groups excluding carboxylic acids is 2. The van der Waals surface area contributed by atoms with Gasteiger partial charge in [-0.05, 0) is 55.2 Å². The van der Waals surface area contributed by atoms with Crippen molar-refractivity contribution in [2.75, 3.05) is 30.4 Å². The standard InChI is InChI=1S/C21H24N4O4/c1-14-4-3-11-24(13-14)18-10-7-16(12-19(18)25(28)29)21(27)23-17-8-5-15(6-9-17)20(26)22-2/h5-10,12,14H,3-4,11,13H2,1-2H3,(H,22,26)(H,23,27)/t14-/m0/s1. The van der Waals surface area contributed by atoms with Gasteiger partial charge >= 0.3 is 0 Å². The van der Waals surface area contributed by atoms with Crippen LogP contribution in [0, 0.1) is 16.0 Å². The number of carbonyl (C=O) groups is 2. The van der Waals surface area contributed by atoms with Crippen molar-refractivity contribution >= 4 is 28.9 Å². The minimum Gasteiger partial charge on any atom is -0.366 e. The summed E-state index contributed by atoms with van der Waals surface area (Å²) in [5, 5.41) is 16.9. The van der Waals surface area contributed by atoms with E-state index < -0.39 is 10.8 Å². The van der Waals surface area contributed by atoms with Crippen LogP contribution in [0.1, 0.15) is 40.5 Å². The first-order chi connectivity index (χ1) is 13.9. The molecule has 2 aromatic rings. The molecule has 0 saturated carbocycles. The van der Waals surface area contributed by atoms with Gasteiger partial charge in [0.1, 0.15) is 5.69 Å². The quantitative estimate of drug-likeness (QED) is 0.595. The molecular weight excluding hydrogens is 372 g/mol. The summed E-state index contributed by atoms with van der Waals surface area (Å²) in [7, 11) is 1.54. The van der Waals surface area contributed by atoms with Gasteiger partial charge in [0.15, 0.2) is 0 Å². The van der Waals surface area contributed by atoms with Crippen LogP contribution in [0.25, 0.3) is 0 Å². The summed E-state index contributed by atoms with van der Waals surface area (Å²) >= 11 is 0. The lowest BCUT2D eigenvalue weighted by Crippen LogP contribution is -2.34. The van der Waals surface area contributed by atoms with E-state index >= 15 is 0 Å². The molecule has 1 heterocycles. The number of rotatable bonds is 5. The molecule has 0 spiro atoms. The molecule has 8 heteroatoms. The second-order valence-electron chi connectivity index (χ2n) is 7.26. The van der Waals surface area contributed by atoms with Gasteiger partial charge in [-0.25, -0.2) is 0 Å². The molecule has 0 unspecified atom stereocenters. The number of hydrogen-bond acceptors (Lipinski definition) is 5. The molecule has 152 valence electrons. The number of amides is 2. The Balaban J connectivity index is 1.79. The average Bonchev–Trinajstić information content (AvgIpc) is 2.73. The van der Waals surface area contributed by atoms with E-state index in [-0.39, 0.29) is 17.2 Å². The summed E-state index contributed by atoms with van der Waals surface area (Å²) in [6, 6.07) is 11.0. The van der Waals surface area contributed by atoms with E-state index in [9.17, 15) is 19.7 Å². The first kappa shape index (κ1) is 20.3. The van der Waals surface area contributed by atoms with E-state index in [1.807, 2.05) is 4.90 Å². The van der Waals surface area contributed by atoms with Gasteiger partial charge in [0.2, 0.25) is 0 Å². The normalized spacial score (nSPS) is 16.2. The largest absolute Gasteiger partial charge is 0.366 e. The Bertz CT molecular complexity index is 927. The number of piperidine rings is 1. The zero-order valence-electron chi connectivity index (χ0n) is 16.5. The number of benzene rings is 2. The van der Waals surface area contributed by atoms with Crippen LogP contribution < -0.4 is 15.5 Å². The minimum atomic E-state index is -0.445. The molecule has 0 radical (unpaired) electrons. The lowest BCUT2D eigenvalue weighted by Gasteiger charge is -2.32. The van der Waals surface area contributed by atoms with Crippen LogP contribution in [-0.2, 0) is 0 Å². The minimum absolute atomic E-state index is 0.0679. The van der Waals surface area contributed by atoms with Crippen molar-refractivity contribution in [3.05, 3.63) is 63.7 Å². The number of nitrogens with one attached hydrogen (secondary N) is 2. The predicted molar refractivity (Wildman–Crippen MR) is 111 cm³/mol. The van der Waals surface area contributed by atoms with Crippen molar-refractivity contribution in [1.29, 1.82) is 0 Å². The molecule has 1 saturated heterocycles. The third kappa shape index (κ3) is 4.71. The Hall–Kier alpha value is -3.42. The highest BCUT2D eigenvalue weighted by atomic mass is 16.6. The summed E-state index contributed by atoms with van der Waals surface area (Å²) in [6.45, 7) is 3.67. The molecule has 2 aromatic carbocycles. The number of nitrogens with zero attached hydrogens (tertiary/aromatic N) is 2. The predicted octanol–water partition coefficient (Wildman–Crippen LogP) is 3.44. The summed E-state index contributed by atoms with van der Waals surface area (Å²) < 4.78 is 0. The van der Waals surface area contributed by atoms with Crippen molar-refractivity contribution in [3.8, 4) is 0 Å². The van der Waals surface area contributed by atoms with E-state index in [0.29, 0.717) is 22.9 Å². The second kappa shape index (κ2) is 8.72. The van der Waals surface area contributed by atoms with Crippen LogP contribution in [0.2, 0.25) is 0 Å². The Morgan fingerprint density at radius 1 is 1.10 bits per heavy atom. The fourth-order valence-corrected chi connectivity index (χ4v) is 3.54. The molecule has 2 amide bonds. The van der Waals surface area contributed by atoms with Crippen LogP contribution >= 0.6 is 0 Å². The fourth-order valence-electron chi connectivity index (χ4n) is 3.54. The topological polar surface area (TPSA) is 105 Å². The first-order valence-corrected chi connectivity index (χ1v) is 9.56. The van der Waals surface area contributed by atoms with E-state index in [1.54, 1.807) is 43.4 Å². The van der Waals surface area contributed by atoms with E-state index in [4.69, 9.17) is 0 Å². The van der Waals surface area contributed by atoms with Gasteiger partial charge in [-0.15, -0.1) is 0 Å². The number of nitro benzene ring substituents is 1. The fraction of sp³-hybridized carbons (Fsp3) is 0.333. The maximum absolute atomic E-state index is 12.6. The summed E-state index contributed by atoms with van der Waals surface area (Å²) in [4.78, 5) is 37.4. The van der Waals surface area contributed by atoms with Gasteiger partial charge < -0.3 is 15.5 Å². The van der Waals surface area contributed by atoms with Crippen LogP contribution in [0.4, 0.5) is 17.1 Å². The Labute approximate surface area is 169 Å². The molecule has 0 aromatic heterocycles. The molecule has 1 fully saturated rings. The van der Waals surface area contributed by atoms with Crippen LogP contribution in [0.5, 0.6) is 0 Å². The molecule has 1 atom stereocenters. The van der Waals surface area contributed by atoms with Crippen molar-refractivity contribution in [2.45, 2.75) is 19.8 Å². The van der Waals surface area contributed by atoms with Crippen molar-refractivity contribution in [1.82, 2.24) is 5.32 Å². The van der Waals surface area contributed by atoms with Crippen molar-refractivity contribution in [3.63, 3.8) is 0 Å². The highest BCUT2D eigenvalue weighted by Gasteiger charge is 2.25. The van der Waals surface area contributed by atoms with E-state index in [2.05, 4.69) is 17.6 Å². The Kier molecular flexibility index (Phi) is 6.11. The molecule has 0 bridgehead atoms. The molecule has 1 aliphatic rings. The van der Waals surface area contributed by atoms with Crippen LogP contribution in [0.15, 0.2) is 42.5 Å². The number of anilines is 2. The molecule has 2 N–H and O–H groups in total. The van der Waals surface area contributed by atoms with E-state index in [0.717, 1.165) is 25.9 Å². The second-order valence-corrected chi connectivity index (χ2v) is 7.26. The van der Waals surface area contributed by atoms with Gasteiger partial charge in [0, 0.05) is 43.0 Å². The van der Waals surface area contributed by atoms with Gasteiger partial charge in [0.05, 0.1) is 4.92 Å². The summed E-state index contributed by atoms with van der Waals surface area (Å²) in [6.07, 6.45) is 2.11. The van der Waals surface area contributed by atoms with Crippen LogP contribution in [0.3, 0.4) is 0 Å². The molecule has 29 heavy (non-hydrogen) atoms. The lowest BCUT2D eigenvalue weighted by molar-refractivity contribution is -0.384. The van der Waals surface area contributed by atoms with Crippen molar-refractivity contribution in [2.24, 2.45) is 5.92 Å². The lowest BCUT2D eigenvalue weighted by atomic mass is 9.99. The zero-order valence-corrected chi connectivity index (χ0v) is 16.5. The molecule has 1 aliphatic heterocycles. The number of nitro groups is 1. The third-order valence-electron chi connectivity index (χ3n) is 5.06. The summed E-state index contributed by atoms with van der Waals surface area (Å²) in [5.41, 5.74) is 1.66. The zero-order chi connectivity index (χ0) is 21.0. The smallest absolute Gasteiger partial charge is 0.293 e. The van der Waals surface area contributed by atoms with Gasteiger partial charge in [0.25, 0.3) is 17.5 Å². The Morgan fingerprint density at radius 3 is 2.41 bits per heavy atom. The molecular formula is C21H24N4O4. The third-order valence-corrected chi connectivity index (χ3v) is 5.06. The maximum atomic E-state index is 12.6. The molecule has 8 nitrogen and oxygen atoms in total. The highest BCUT2D eigenvalue weighted by molar-refractivity contribution is 6.05. The molecule has 3 rings (SSSR count). The average molecular weight is 396 g/mol. The van der Waals surface area contributed by atoms with Crippen molar-refractivity contribution < 1.29 is 14.5 Å². The van der Waals surface area contributed by atoms with Gasteiger partial charge in [-0.3, -0.25) is 19.7 Å². The number of hydrogen-bond donors (Lipinski definition) is 2. The van der Waals surface area contributed by atoms with Crippen LogP contribution in [-0.4, -0.2) is 36.9 Å². The first-order valence-electron chi connectivity index (χ1n) is 9.56. The maximum Gasteiger partial charge on any atom is 0.293 e. The van der Waals surface area contributed by atoms with E-state index in [1.165, 1.54) is 6.07 Å².